The summed E-state index contributed by atoms with van der Waals surface area (Å²) in [4.78, 5) is 26.8. The number of nitrogens with one attached hydrogen (secondary N) is 2. The molecule has 0 saturated heterocycles. The summed E-state index contributed by atoms with van der Waals surface area (Å²) in [6.45, 7) is 5.18. The Balaban J connectivity index is 2.84. The van der Waals surface area contributed by atoms with Gasteiger partial charge in [0.25, 0.3) is 11.5 Å². The number of hydrogen-bond donors (Lipinski definition) is 2. The van der Waals surface area contributed by atoms with Gasteiger partial charge < -0.3 is 15.0 Å². The SMILES string of the molecule is CCCc1[nH]c(=O)c(C(=O)NCCCOC)cc1CC. The van der Waals surface area contributed by atoms with Crippen molar-refractivity contribution < 1.29 is 9.53 Å². The third kappa shape index (κ3) is 4.49. The Hall–Kier alpha value is -1.62. The van der Waals surface area contributed by atoms with Crippen molar-refractivity contribution in [3.63, 3.8) is 0 Å². The van der Waals surface area contributed by atoms with Crippen LogP contribution < -0.4 is 10.9 Å². The Morgan fingerprint density at radius 3 is 2.75 bits per heavy atom. The van der Waals surface area contributed by atoms with Crippen LogP contribution in [0.15, 0.2) is 10.9 Å². The summed E-state index contributed by atoms with van der Waals surface area (Å²) in [6.07, 6.45) is 3.32. The summed E-state index contributed by atoms with van der Waals surface area (Å²) >= 11 is 0. The summed E-state index contributed by atoms with van der Waals surface area (Å²) in [5, 5.41) is 2.74. The summed E-state index contributed by atoms with van der Waals surface area (Å²) in [6, 6.07) is 1.72. The molecule has 5 heteroatoms. The van der Waals surface area contributed by atoms with Crippen LogP contribution in [0, 0.1) is 0 Å². The van der Waals surface area contributed by atoms with Gasteiger partial charge in [0.15, 0.2) is 0 Å². The first-order valence-corrected chi connectivity index (χ1v) is 7.16. The Morgan fingerprint density at radius 2 is 2.15 bits per heavy atom. The maximum atomic E-state index is 12.0. The third-order valence-electron chi connectivity index (χ3n) is 3.15. The Morgan fingerprint density at radius 1 is 1.40 bits per heavy atom. The lowest BCUT2D eigenvalue weighted by atomic mass is 10.0. The molecule has 0 bridgehead atoms. The molecule has 1 rings (SSSR count). The van der Waals surface area contributed by atoms with E-state index in [1.54, 1.807) is 13.2 Å². The molecular weight excluding hydrogens is 256 g/mol. The predicted molar refractivity (Wildman–Crippen MR) is 79.3 cm³/mol. The number of H-pyrrole nitrogens is 1. The molecule has 0 aliphatic heterocycles. The van der Waals surface area contributed by atoms with E-state index in [0.717, 1.165) is 36.9 Å². The highest BCUT2D eigenvalue weighted by molar-refractivity contribution is 5.94. The van der Waals surface area contributed by atoms with E-state index in [0.29, 0.717) is 13.2 Å². The third-order valence-corrected chi connectivity index (χ3v) is 3.15. The van der Waals surface area contributed by atoms with Gasteiger partial charge in [0.2, 0.25) is 0 Å². The Bertz CT molecular complexity index is 494. The number of amides is 1. The standard InChI is InChI=1S/C15H24N2O3/c1-4-7-13-11(5-2)10-12(15(19)17-13)14(18)16-8-6-9-20-3/h10H,4-9H2,1-3H3,(H,16,18)(H,17,19). The lowest BCUT2D eigenvalue weighted by Crippen LogP contribution is -2.31. The van der Waals surface area contributed by atoms with Crippen LogP contribution >= 0.6 is 0 Å². The topological polar surface area (TPSA) is 71.2 Å². The molecule has 1 aromatic rings. The fraction of sp³-hybridized carbons (Fsp3) is 0.600. The van der Waals surface area contributed by atoms with Gasteiger partial charge in [0, 0.05) is 26.0 Å². The van der Waals surface area contributed by atoms with Crippen molar-refractivity contribution in [3.8, 4) is 0 Å². The molecule has 0 aliphatic carbocycles. The second-order valence-electron chi connectivity index (χ2n) is 4.72. The van der Waals surface area contributed by atoms with Crippen molar-refractivity contribution in [2.24, 2.45) is 0 Å². The van der Waals surface area contributed by atoms with Gasteiger partial charge in [-0.1, -0.05) is 20.3 Å². The molecule has 0 spiro atoms. The number of carbonyl (C=O) groups is 1. The molecule has 0 saturated carbocycles. The highest BCUT2D eigenvalue weighted by atomic mass is 16.5. The van der Waals surface area contributed by atoms with Gasteiger partial charge in [-0.3, -0.25) is 9.59 Å². The van der Waals surface area contributed by atoms with Crippen molar-refractivity contribution in [2.45, 2.75) is 39.5 Å². The van der Waals surface area contributed by atoms with E-state index in [4.69, 9.17) is 4.74 Å². The van der Waals surface area contributed by atoms with Gasteiger partial charge in [-0.2, -0.15) is 0 Å². The van der Waals surface area contributed by atoms with Crippen LogP contribution in [-0.4, -0.2) is 31.2 Å². The maximum Gasteiger partial charge on any atom is 0.261 e. The lowest BCUT2D eigenvalue weighted by molar-refractivity contribution is 0.0947. The van der Waals surface area contributed by atoms with E-state index >= 15 is 0 Å². The van der Waals surface area contributed by atoms with Crippen molar-refractivity contribution in [2.75, 3.05) is 20.3 Å². The monoisotopic (exact) mass is 280 g/mol. The minimum atomic E-state index is -0.319. The minimum Gasteiger partial charge on any atom is -0.385 e. The smallest absolute Gasteiger partial charge is 0.261 e. The first kappa shape index (κ1) is 16.4. The van der Waals surface area contributed by atoms with Gasteiger partial charge in [-0.05, 0) is 30.9 Å². The van der Waals surface area contributed by atoms with Gasteiger partial charge in [-0.15, -0.1) is 0 Å². The van der Waals surface area contributed by atoms with Crippen LogP contribution in [-0.2, 0) is 17.6 Å². The minimum absolute atomic E-state index is 0.194. The first-order chi connectivity index (χ1) is 9.63. The van der Waals surface area contributed by atoms with Gasteiger partial charge in [0.1, 0.15) is 5.56 Å². The fourth-order valence-electron chi connectivity index (χ4n) is 2.08. The summed E-state index contributed by atoms with van der Waals surface area (Å²) in [5.74, 6) is -0.319. The number of hydrogen-bond acceptors (Lipinski definition) is 3. The van der Waals surface area contributed by atoms with Crippen molar-refractivity contribution in [1.82, 2.24) is 10.3 Å². The second-order valence-corrected chi connectivity index (χ2v) is 4.72. The fourth-order valence-corrected chi connectivity index (χ4v) is 2.08. The molecule has 1 amide bonds. The van der Waals surface area contributed by atoms with Gasteiger partial charge in [-0.25, -0.2) is 0 Å². The number of rotatable bonds is 8. The number of aromatic nitrogens is 1. The van der Waals surface area contributed by atoms with Crippen molar-refractivity contribution in [3.05, 3.63) is 33.2 Å². The molecule has 0 fully saturated rings. The van der Waals surface area contributed by atoms with E-state index in [2.05, 4.69) is 17.2 Å². The zero-order valence-electron chi connectivity index (χ0n) is 12.5. The van der Waals surface area contributed by atoms with Crippen molar-refractivity contribution in [1.29, 1.82) is 0 Å². The molecule has 0 unspecified atom stereocenters. The number of carbonyl (C=O) groups excluding carboxylic acids is 1. The Kier molecular flexibility index (Phi) is 7.01. The molecule has 0 aliphatic rings. The molecule has 1 heterocycles. The van der Waals surface area contributed by atoms with Crippen LogP contribution in [0.2, 0.25) is 0 Å². The van der Waals surface area contributed by atoms with E-state index in [-0.39, 0.29) is 17.0 Å². The normalized spacial score (nSPS) is 10.6. The van der Waals surface area contributed by atoms with E-state index in [1.165, 1.54) is 0 Å². The van der Waals surface area contributed by atoms with E-state index in [1.807, 2.05) is 6.92 Å². The molecule has 0 atom stereocenters. The maximum absolute atomic E-state index is 12.0. The molecule has 0 aromatic carbocycles. The number of methoxy groups -OCH3 is 1. The zero-order valence-corrected chi connectivity index (χ0v) is 12.5. The Labute approximate surface area is 119 Å². The largest absolute Gasteiger partial charge is 0.385 e. The highest BCUT2D eigenvalue weighted by Crippen LogP contribution is 2.09. The summed E-state index contributed by atoms with van der Waals surface area (Å²) in [7, 11) is 1.62. The molecule has 2 N–H and O–H groups in total. The number of ether oxygens (including phenoxy) is 1. The molecular formula is C15H24N2O3. The van der Waals surface area contributed by atoms with Crippen LogP contribution in [0.5, 0.6) is 0 Å². The summed E-state index contributed by atoms with van der Waals surface area (Å²) < 4.78 is 4.91. The molecule has 112 valence electrons. The van der Waals surface area contributed by atoms with Crippen LogP contribution in [0.1, 0.15) is 48.3 Å². The van der Waals surface area contributed by atoms with Gasteiger partial charge >= 0.3 is 0 Å². The number of pyridine rings is 1. The molecule has 0 radical (unpaired) electrons. The van der Waals surface area contributed by atoms with Gasteiger partial charge in [0.05, 0.1) is 0 Å². The zero-order chi connectivity index (χ0) is 15.0. The first-order valence-electron chi connectivity index (χ1n) is 7.16. The number of aryl methyl sites for hydroxylation is 2. The lowest BCUT2D eigenvalue weighted by Gasteiger charge is -2.10. The average molecular weight is 280 g/mol. The molecule has 1 aromatic heterocycles. The summed E-state index contributed by atoms with van der Waals surface area (Å²) in [5.41, 5.74) is 1.86. The van der Waals surface area contributed by atoms with Crippen LogP contribution in [0.25, 0.3) is 0 Å². The quantitative estimate of drug-likeness (QED) is 0.711. The average Bonchev–Trinajstić information content (AvgIpc) is 2.44. The second kappa shape index (κ2) is 8.53. The van der Waals surface area contributed by atoms with Crippen LogP contribution in [0.3, 0.4) is 0 Å². The predicted octanol–water partition coefficient (Wildman–Crippen LogP) is 1.66. The highest BCUT2D eigenvalue weighted by Gasteiger charge is 2.13. The molecule has 5 nitrogen and oxygen atoms in total. The molecule has 20 heavy (non-hydrogen) atoms. The van der Waals surface area contributed by atoms with Crippen molar-refractivity contribution >= 4 is 5.91 Å². The number of aromatic amines is 1. The van der Waals surface area contributed by atoms with Crippen LogP contribution in [0.4, 0.5) is 0 Å². The van der Waals surface area contributed by atoms with E-state index < -0.39 is 0 Å². The van der Waals surface area contributed by atoms with E-state index in [9.17, 15) is 9.59 Å².